The summed E-state index contributed by atoms with van der Waals surface area (Å²) in [7, 11) is 4.46. The van der Waals surface area contributed by atoms with Gasteiger partial charge in [0.1, 0.15) is 6.04 Å². The van der Waals surface area contributed by atoms with Gasteiger partial charge in [0, 0.05) is 12.3 Å². The summed E-state index contributed by atoms with van der Waals surface area (Å²) in [6.45, 7) is 0. The van der Waals surface area contributed by atoms with Gasteiger partial charge in [-0.2, -0.15) is 0 Å². The molecule has 0 saturated heterocycles. The molecule has 1 unspecified atom stereocenters. The Labute approximate surface area is 148 Å². The van der Waals surface area contributed by atoms with E-state index in [1.54, 1.807) is 20.3 Å². The first-order chi connectivity index (χ1) is 12.1. The number of methoxy groups -OCH3 is 3. The van der Waals surface area contributed by atoms with Crippen molar-refractivity contribution in [3.05, 3.63) is 23.8 Å². The quantitative estimate of drug-likeness (QED) is 0.766. The highest BCUT2D eigenvalue weighted by Crippen LogP contribution is 2.28. The summed E-state index contributed by atoms with van der Waals surface area (Å²) < 4.78 is 15.4. The van der Waals surface area contributed by atoms with Crippen LogP contribution in [0.15, 0.2) is 18.2 Å². The molecule has 6 heteroatoms. The summed E-state index contributed by atoms with van der Waals surface area (Å²) in [5, 5.41) is 2.87. The Morgan fingerprint density at radius 2 is 1.76 bits per heavy atom. The number of carbonyl (C=O) groups is 2. The van der Waals surface area contributed by atoms with Crippen LogP contribution in [0.3, 0.4) is 0 Å². The third kappa shape index (κ3) is 5.11. The van der Waals surface area contributed by atoms with Crippen molar-refractivity contribution in [2.45, 2.75) is 44.6 Å². The van der Waals surface area contributed by atoms with Gasteiger partial charge >= 0.3 is 5.97 Å². The van der Waals surface area contributed by atoms with Crippen LogP contribution in [0.25, 0.3) is 0 Å². The van der Waals surface area contributed by atoms with Gasteiger partial charge in [0.15, 0.2) is 11.5 Å². The largest absolute Gasteiger partial charge is 0.493 e. The lowest BCUT2D eigenvalue weighted by Gasteiger charge is -2.24. The molecular weight excluding hydrogens is 322 g/mol. The minimum atomic E-state index is -0.711. The molecule has 138 valence electrons. The Bertz CT molecular complexity index is 595. The van der Waals surface area contributed by atoms with E-state index in [4.69, 9.17) is 14.2 Å². The minimum Gasteiger partial charge on any atom is -0.493 e. The molecule has 1 aliphatic rings. The number of benzene rings is 1. The van der Waals surface area contributed by atoms with Crippen LogP contribution in [0.4, 0.5) is 0 Å². The first kappa shape index (κ1) is 19.1. The van der Waals surface area contributed by atoms with Crippen LogP contribution in [-0.4, -0.2) is 39.2 Å². The lowest BCUT2D eigenvalue weighted by molar-refractivity contribution is -0.145. The van der Waals surface area contributed by atoms with Gasteiger partial charge in [-0.3, -0.25) is 4.79 Å². The molecule has 1 N–H and O–H groups in total. The Hall–Kier alpha value is -2.24. The predicted molar refractivity (Wildman–Crippen MR) is 93.8 cm³/mol. The minimum absolute atomic E-state index is 0.00805. The highest BCUT2D eigenvalue weighted by Gasteiger charge is 2.27. The molecule has 0 bridgehead atoms. The highest BCUT2D eigenvalue weighted by molar-refractivity contribution is 5.86. The van der Waals surface area contributed by atoms with E-state index in [-0.39, 0.29) is 11.8 Å². The number of carbonyl (C=O) groups excluding carboxylic acids is 2. The summed E-state index contributed by atoms with van der Waals surface area (Å²) in [4.78, 5) is 24.6. The molecule has 1 saturated carbocycles. The van der Waals surface area contributed by atoms with Gasteiger partial charge in [0.25, 0.3) is 0 Å². The predicted octanol–water partition coefficient (Wildman–Crippen LogP) is 2.48. The van der Waals surface area contributed by atoms with Crippen LogP contribution in [0.2, 0.25) is 0 Å². The van der Waals surface area contributed by atoms with Crippen molar-refractivity contribution in [3.63, 3.8) is 0 Å². The van der Waals surface area contributed by atoms with Crippen molar-refractivity contribution in [2.24, 2.45) is 5.92 Å². The van der Waals surface area contributed by atoms with E-state index in [9.17, 15) is 9.59 Å². The van der Waals surface area contributed by atoms with Crippen molar-refractivity contribution in [3.8, 4) is 11.5 Å². The number of hydrogen-bond acceptors (Lipinski definition) is 5. The first-order valence-corrected chi connectivity index (χ1v) is 8.68. The Morgan fingerprint density at radius 1 is 1.08 bits per heavy atom. The average molecular weight is 349 g/mol. The monoisotopic (exact) mass is 349 g/mol. The number of nitrogens with one attached hydrogen (secondary N) is 1. The zero-order valence-electron chi connectivity index (χ0n) is 15.2. The molecule has 0 spiro atoms. The Kier molecular flexibility index (Phi) is 7.10. The molecule has 1 aliphatic carbocycles. The number of rotatable bonds is 7. The van der Waals surface area contributed by atoms with E-state index in [0.29, 0.717) is 17.9 Å². The van der Waals surface area contributed by atoms with Gasteiger partial charge < -0.3 is 19.5 Å². The molecule has 1 atom stereocenters. The van der Waals surface area contributed by atoms with Crippen LogP contribution >= 0.6 is 0 Å². The Balaban J connectivity index is 2.09. The second kappa shape index (κ2) is 9.30. The zero-order chi connectivity index (χ0) is 18.2. The fourth-order valence-electron chi connectivity index (χ4n) is 3.23. The van der Waals surface area contributed by atoms with E-state index in [1.807, 2.05) is 12.1 Å². The highest BCUT2D eigenvalue weighted by atomic mass is 16.5. The molecule has 1 aromatic rings. The van der Waals surface area contributed by atoms with Crippen molar-refractivity contribution < 1.29 is 23.8 Å². The summed E-state index contributed by atoms with van der Waals surface area (Å²) in [6, 6.07) is 4.73. The van der Waals surface area contributed by atoms with Gasteiger partial charge in [-0.1, -0.05) is 25.3 Å². The van der Waals surface area contributed by atoms with E-state index in [2.05, 4.69) is 5.32 Å². The standard InChI is InChI=1S/C19H27NO5/c1-23-16-10-9-13(12-17(16)24-2)11-15(19(22)25-3)20-18(21)14-7-5-4-6-8-14/h9-10,12,14-15H,4-8,11H2,1-3H3,(H,20,21). The van der Waals surface area contributed by atoms with Crippen molar-refractivity contribution >= 4 is 11.9 Å². The zero-order valence-corrected chi connectivity index (χ0v) is 15.2. The van der Waals surface area contributed by atoms with E-state index in [1.165, 1.54) is 13.5 Å². The van der Waals surface area contributed by atoms with Gasteiger partial charge in [-0.15, -0.1) is 0 Å². The van der Waals surface area contributed by atoms with Crippen molar-refractivity contribution in [1.29, 1.82) is 0 Å². The third-order valence-electron chi connectivity index (χ3n) is 4.67. The lowest BCUT2D eigenvalue weighted by atomic mass is 9.88. The SMILES string of the molecule is COC(=O)C(Cc1ccc(OC)c(OC)c1)NC(=O)C1CCCCC1. The van der Waals surface area contributed by atoms with Crippen molar-refractivity contribution in [2.75, 3.05) is 21.3 Å². The summed E-state index contributed by atoms with van der Waals surface area (Å²) >= 11 is 0. The van der Waals surface area contributed by atoms with Gasteiger partial charge in [-0.25, -0.2) is 4.79 Å². The first-order valence-electron chi connectivity index (χ1n) is 8.68. The van der Waals surface area contributed by atoms with Crippen molar-refractivity contribution in [1.82, 2.24) is 5.32 Å². The molecule has 6 nitrogen and oxygen atoms in total. The van der Waals surface area contributed by atoms with Crippen LogP contribution in [-0.2, 0) is 20.7 Å². The number of hydrogen-bond donors (Lipinski definition) is 1. The van der Waals surface area contributed by atoms with E-state index in [0.717, 1.165) is 31.2 Å². The lowest BCUT2D eigenvalue weighted by Crippen LogP contribution is -2.45. The molecule has 0 aliphatic heterocycles. The maximum absolute atomic E-state index is 12.5. The van der Waals surface area contributed by atoms with Crippen LogP contribution in [0.1, 0.15) is 37.7 Å². The fourth-order valence-corrected chi connectivity index (χ4v) is 3.23. The third-order valence-corrected chi connectivity index (χ3v) is 4.67. The maximum Gasteiger partial charge on any atom is 0.328 e. The molecule has 0 heterocycles. The second-order valence-electron chi connectivity index (χ2n) is 6.31. The summed E-state index contributed by atoms with van der Waals surface area (Å²) in [6.07, 6.45) is 5.42. The molecule has 0 aromatic heterocycles. The van der Waals surface area contributed by atoms with Gasteiger partial charge in [0.05, 0.1) is 21.3 Å². The fraction of sp³-hybridized carbons (Fsp3) is 0.579. The van der Waals surface area contributed by atoms with Gasteiger partial charge in [0.2, 0.25) is 5.91 Å². The van der Waals surface area contributed by atoms with Crippen LogP contribution in [0, 0.1) is 5.92 Å². The van der Waals surface area contributed by atoms with E-state index >= 15 is 0 Å². The molecule has 1 aromatic carbocycles. The molecule has 1 amide bonds. The molecule has 25 heavy (non-hydrogen) atoms. The molecule has 1 fully saturated rings. The molecular formula is C19H27NO5. The maximum atomic E-state index is 12.5. The average Bonchev–Trinajstić information content (AvgIpc) is 2.67. The topological polar surface area (TPSA) is 73.9 Å². The smallest absolute Gasteiger partial charge is 0.328 e. The molecule has 0 radical (unpaired) electrons. The van der Waals surface area contributed by atoms with Crippen LogP contribution < -0.4 is 14.8 Å². The number of esters is 1. The van der Waals surface area contributed by atoms with E-state index < -0.39 is 12.0 Å². The Morgan fingerprint density at radius 3 is 2.36 bits per heavy atom. The number of ether oxygens (including phenoxy) is 3. The second-order valence-corrected chi connectivity index (χ2v) is 6.31. The van der Waals surface area contributed by atoms with Gasteiger partial charge in [-0.05, 0) is 30.5 Å². The van der Waals surface area contributed by atoms with Crippen LogP contribution in [0.5, 0.6) is 11.5 Å². The summed E-state index contributed by atoms with van der Waals surface area (Å²) in [5.74, 6) is 0.690. The molecule has 2 rings (SSSR count). The normalized spacial score (nSPS) is 16.0. The summed E-state index contributed by atoms with van der Waals surface area (Å²) in [5.41, 5.74) is 0.858. The number of amides is 1.